The third-order valence-electron chi connectivity index (χ3n) is 3.84. The van der Waals surface area contributed by atoms with Crippen molar-refractivity contribution in [2.45, 2.75) is 44.6 Å². The quantitative estimate of drug-likeness (QED) is 0.515. The molecule has 1 heterocycles. The Morgan fingerprint density at radius 3 is 2.38 bits per heavy atom. The number of aromatic carboxylic acids is 1. The fourth-order valence-electron chi connectivity index (χ4n) is 2.64. The van der Waals surface area contributed by atoms with Crippen molar-refractivity contribution in [1.29, 1.82) is 0 Å². The van der Waals surface area contributed by atoms with Crippen LogP contribution in [0.4, 0.5) is 0 Å². The van der Waals surface area contributed by atoms with Gasteiger partial charge in [-0.05, 0) is 19.1 Å². The van der Waals surface area contributed by atoms with E-state index in [0.717, 1.165) is 19.1 Å². The predicted octanol–water partition coefficient (Wildman–Crippen LogP) is -0.124. The molecule has 0 aromatic heterocycles. The minimum atomic E-state index is -1.63. The third-order valence-corrected chi connectivity index (χ3v) is 3.84. The lowest BCUT2D eigenvalue weighted by molar-refractivity contribution is -0.272. The molecule has 1 aromatic carbocycles. The molecule has 26 heavy (non-hydrogen) atoms. The standard InChI is InChI=1S/C16H20O10/c1-6-13(25-7(2)17)11(19)12(20)16(24-6)26-9-5-4-8(18)14(23-3)10(9)15(21)22/h4-6,11-13,16,18-20H,1-3H3,(H,21,22)/t6-,11-,12+,13-,16-/m0/s1. The number of ether oxygens (including phenoxy) is 4. The maximum Gasteiger partial charge on any atom is 0.343 e. The van der Waals surface area contributed by atoms with Gasteiger partial charge in [-0.1, -0.05) is 0 Å². The zero-order chi connectivity index (χ0) is 19.6. The number of carboxylic acids is 1. The molecule has 10 heteroatoms. The molecule has 0 amide bonds. The van der Waals surface area contributed by atoms with Gasteiger partial charge in [0.05, 0.1) is 13.2 Å². The van der Waals surface area contributed by atoms with E-state index in [1.54, 1.807) is 0 Å². The Labute approximate surface area is 148 Å². The Hall–Kier alpha value is -2.56. The summed E-state index contributed by atoms with van der Waals surface area (Å²) in [5.74, 6) is -3.09. The summed E-state index contributed by atoms with van der Waals surface area (Å²) in [5.41, 5.74) is -0.479. The molecule has 0 bridgehead atoms. The molecule has 10 nitrogen and oxygen atoms in total. The number of benzene rings is 1. The normalized spacial score (nSPS) is 28.3. The summed E-state index contributed by atoms with van der Waals surface area (Å²) in [6, 6.07) is 2.31. The fourth-order valence-corrected chi connectivity index (χ4v) is 2.64. The molecule has 1 aliphatic rings. The van der Waals surface area contributed by atoms with Crippen LogP contribution in [0.5, 0.6) is 17.2 Å². The minimum Gasteiger partial charge on any atom is -0.504 e. The van der Waals surface area contributed by atoms with Crippen LogP contribution < -0.4 is 9.47 Å². The first-order chi connectivity index (χ1) is 12.2. The van der Waals surface area contributed by atoms with Gasteiger partial charge in [0.15, 0.2) is 17.6 Å². The summed E-state index contributed by atoms with van der Waals surface area (Å²) >= 11 is 0. The van der Waals surface area contributed by atoms with Crippen LogP contribution in [0.2, 0.25) is 0 Å². The molecular formula is C16H20O10. The number of phenolic OH excluding ortho intramolecular Hbond substituents is 1. The zero-order valence-electron chi connectivity index (χ0n) is 14.3. The van der Waals surface area contributed by atoms with Crippen LogP contribution in [-0.2, 0) is 14.3 Å². The molecule has 1 fully saturated rings. The van der Waals surface area contributed by atoms with E-state index in [2.05, 4.69) is 0 Å². The van der Waals surface area contributed by atoms with Gasteiger partial charge in [0.1, 0.15) is 23.5 Å². The first-order valence-electron chi connectivity index (χ1n) is 7.66. The van der Waals surface area contributed by atoms with Crippen molar-refractivity contribution < 1.29 is 49.0 Å². The number of phenols is 1. The van der Waals surface area contributed by atoms with Gasteiger partial charge < -0.3 is 39.4 Å². The molecule has 0 spiro atoms. The van der Waals surface area contributed by atoms with E-state index < -0.39 is 54.0 Å². The molecule has 2 rings (SSSR count). The van der Waals surface area contributed by atoms with E-state index in [1.807, 2.05) is 0 Å². The highest BCUT2D eigenvalue weighted by Crippen LogP contribution is 2.38. The Morgan fingerprint density at radius 1 is 1.19 bits per heavy atom. The van der Waals surface area contributed by atoms with Gasteiger partial charge in [-0.2, -0.15) is 0 Å². The van der Waals surface area contributed by atoms with Crippen LogP contribution in [0, 0.1) is 0 Å². The van der Waals surface area contributed by atoms with Gasteiger partial charge >= 0.3 is 11.9 Å². The molecular weight excluding hydrogens is 352 g/mol. The van der Waals surface area contributed by atoms with Gasteiger partial charge in [0.2, 0.25) is 6.29 Å². The van der Waals surface area contributed by atoms with Crippen LogP contribution >= 0.6 is 0 Å². The van der Waals surface area contributed by atoms with Crippen molar-refractivity contribution in [2.75, 3.05) is 7.11 Å². The molecule has 5 atom stereocenters. The zero-order valence-corrected chi connectivity index (χ0v) is 14.3. The summed E-state index contributed by atoms with van der Waals surface area (Å²) in [6.07, 6.45) is -6.54. The summed E-state index contributed by atoms with van der Waals surface area (Å²) < 4.78 is 20.6. The summed E-state index contributed by atoms with van der Waals surface area (Å²) in [4.78, 5) is 22.6. The number of carboxylic acid groups (broad SMARTS) is 1. The molecule has 144 valence electrons. The van der Waals surface area contributed by atoms with E-state index in [9.17, 15) is 30.0 Å². The molecule has 0 radical (unpaired) electrons. The van der Waals surface area contributed by atoms with Crippen molar-refractivity contribution in [1.82, 2.24) is 0 Å². The van der Waals surface area contributed by atoms with E-state index in [0.29, 0.717) is 0 Å². The number of carbonyl (C=O) groups excluding carboxylic acids is 1. The van der Waals surface area contributed by atoms with Crippen molar-refractivity contribution in [3.63, 3.8) is 0 Å². The first-order valence-corrected chi connectivity index (χ1v) is 7.66. The van der Waals surface area contributed by atoms with Crippen LogP contribution in [0.3, 0.4) is 0 Å². The summed E-state index contributed by atoms with van der Waals surface area (Å²) in [6.45, 7) is 2.64. The Kier molecular flexibility index (Phi) is 5.90. The maximum atomic E-state index is 11.5. The predicted molar refractivity (Wildman–Crippen MR) is 84.1 cm³/mol. The minimum absolute atomic E-state index is 0.249. The SMILES string of the molecule is COc1c(O)ccc(O[C@@H]2O[C@@H](C)[C@H](OC(C)=O)[C@@H](O)[C@H]2O)c1C(=O)O. The van der Waals surface area contributed by atoms with Crippen LogP contribution in [0.25, 0.3) is 0 Å². The number of methoxy groups -OCH3 is 1. The second kappa shape index (κ2) is 7.77. The average Bonchev–Trinajstić information content (AvgIpc) is 2.57. The average molecular weight is 372 g/mol. The number of hydrogen-bond acceptors (Lipinski definition) is 9. The number of esters is 1. The van der Waals surface area contributed by atoms with E-state index in [-0.39, 0.29) is 11.5 Å². The lowest BCUT2D eigenvalue weighted by Crippen LogP contribution is -2.59. The number of rotatable bonds is 5. The molecule has 0 saturated carbocycles. The topological polar surface area (TPSA) is 152 Å². The van der Waals surface area contributed by atoms with Gasteiger partial charge in [-0.3, -0.25) is 4.79 Å². The van der Waals surface area contributed by atoms with Crippen LogP contribution in [-0.4, -0.2) is 70.2 Å². The number of aromatic hydroxyl groups is 1. The third kappa shape index (κ3) is 3.82. The Balaban J connectivity index is 2.29. The fraction of sp³-hybridized carbons (Fsp3) is 0.500. The Bertz CT molecular complexity index is 688. The van der Waals surface area contributed by atoms with Crippen molar-refractivity contribution >= 4 is 11.9 Å². The maximum absolute atomic E-state index is 11.5. The smallest absolute Gasteiger partial charge is 0.343 e. The van der Waals surface area contributed by atoms with Crippen LogP contribution in [0.1, 0.15) is 24.2 Å². The van der Waals surface area contributed by atoms with Crippen LogP contribution in [0.15, 0.2) is 12.1 Å². The first kappa shape index (κ1) is 19.8. The monoisotopic (exact) mass is 372 g/mol. The van der Waals surface area contributed by atoms with Gasteiger partial charge in [-0.15, -0.1) is 0 Å². The molecule has 1 saturated heterocycles. The highest BCUT2D eigenvalue weighted by Gasteiger charge is 2.46. The van der Waals surface area contributed by atoms with Crippen molar-refractivity contribution in [3.05, 3.63) is 17.7 Å². The van der Waals surface area contributed by atoms with Gasteiger partial charge in [0.25, 0.3) is 0 Å². The lowest BCUT2D eigenvalue weighted by atomic mass is 9.99. The number of hydrogen-bond donors (Lipinski definition) is 4. The number of carbonyl (C=O) groups is 2. The van der Waals surface area contributed by atoms with Gasteiger partial charge in [0, 0.05) is 6.92 Å². The van der Waals surface area contributed by atoms with Gasteiger partial charge in [-0.25, -0.2) is 4.79 Å². The molecule has 0 unspecified atom stereocenters. The molecule has 4 N–H and O–H groups in total. The van der Waals surface area contributed by atoms with E-state index >= 15 is 0 Å². The molecule has 1 aromatic rings. The van der Waals surface area contributed by atoms with E-state index in [4.69, 9.17) is 18.9 Å². The highest BCUT2D eigenvalue weighted by molar-refractivity contribution is 5.95. The molecule has 1 aliphatic heterocycles. The summed E-state index contributed by atoms with van der Waals surface area (Å²) in [7, 11) is 1.17. The molecule has 0 aliphatic carbocycles. The second-order valence-electron chi connectivity index (χ2n) is 5.68. The van der Waals surface area contributed by atoms with Crippen molar-refractivity contribution in [2.24, 2.45) is 0 Å². The number of aliphatic hydroxyl groups is 2. The second-order valence-corrected chi connectivity index (χ2v) is 5.68. The lowest BCUT2D eigenvalue weighted by Gasteiger charge is -2.40. The largest absolute Gasteiger partial charge is 0.504 e. The van der Waals surface area contributed by atoms with E-state index in [1.165, 1.54) is 14.0 Å². The summed E-state index contributed by atoms with van der Waals surface area (Å²) in [5, 5.41) is 39.4. The highest BCUT2D eigenvalue weighted by atomic mass is 16.7. The number of aliphatic hydroxyl groups excluding tert-OH is 2. The Morgan fingerprint density at radius 2 is 1.85 bits per heavy atom. The van der Waals surface area contributed by atoms with Crippen molar-refractivity contribution in [3.8, 4) is 17.2 Å².